The lowest BCUT2D eigenvalue weighted by molar-refractivity contribution is -0.129. The van der Waals surface area contributed by atoms with E-state index in [9.17, 15) is 9.59 Å². The number of benzene rings is 1. The van der Waals surface area contributed by atoms with Crippen LogP contribution in [0.3, 0.4) is 0 Å². The summed E-state index contributed by atoms with van der Waals surface area (Å²) in [5, 5.41) is 7.19. The second kappa shape index (κ2) is 7.87. The normalized spacial score (nSPS) is 21.8. The van der Waals surface area contributed by atoms with E-state index in [0.29, 0.717) is 12.5 Å². The SMILES string of the molecule is [B]C(=O)[C@@H](Cc1c[nH]c2ccccc12)NC(=O)C1CCC(NC)CC1. The van der Waals surface area contributed by atoms with Gasteiger partial charge in [-0.25, -0.2) is 0 Å². The molecular formula is C19H24BN3O2. The van der Waals surface area contributed by atoms with E-state index in [1.54, 1.807) is 0 Å². The minimum absolute atomic E-state index is 0.0329. The summed E-state index contributed by atoms with van der Waals surface area (Å²) in [4.78, 5) is 27.6. The molecule has 0 bridgehead atoms. The number of carbonyl (C=O) groups is 2. The van der Waals surface area contributed by atoms with E-state index in [1.165, 1.54) is 0 Å². The van der Waals surface area contributed by atoms with Gasteiger partial charge < -0.3 is 20.4 Å². The molecule has 25 heavy (non-hydrogen) atoms. The van der Waals surface area contributed by atoms with E-state index in [1.807, 2.05) is 37.5 Å². The lowest BCUT2D eigenvalue weighted by Gasteiger charge is -2.28. The van der Waals surface area contributed by atoms with Crippen LogP contribution in [0.15, 0.2) is 30.5 Å². The first-order valence-electron chi connectivity index (χ1n) is 8.90. The van der Waals surface area contributed by atoms with Crippen molar-refractivity contribution in [2.45, 2.75) is 44.2 Å². The predicted molar refractivity (Wildman–Crippen MR) is 99.5 cm³/mol. The van der Waals surface area contributed by atoms with Crippen molar-refractivity contribution in [3.63, 3.8) is 0 Å². The number of aromatic nitrogens is 1. The highest BCUT2D eigenvalue weighted by molar-refractivity contribution is 6.59. The second-order valence-electron chi connectivity index (χ2n) is 6.86. The van der Waals surface area contributed by atoms with Gasteiger partial charge in [-0.05, 0) is 44.4 Å². The molecule has 3 N–H and O–H groups in total. The van der Waals surface area contributed by atoms with Gasteiger partial charge in [-0.15, -0.1) is 0 Å². The van der Waals surface area contributed by atoms with Crippen LogP contribution in [-0.4, -0.2) is 43.6 Å². The first-order valence-corrected chi connectivity index (χ1v) is 8.90. The van der Waals surface area contributed by atoms with Gasteiger partial charge in [-0.2, -0.15) is 0 Å². The van der Waals surface area contributed by atoms with Gasteiger partial charge in [-0.1, -0.05) is 18.2 Å². The zero-order valence-electron chi connectivity index (χ0n) is 14.5. The zero-order chi connectivity index (χ0) is 17.8. The van der Waals surface area contributed by atoms with Gasteiger partial charge in [0.25, 0.3) is 0 Å². The fraction of sp³-hybridized carbons (Fsp3) is 0.474. The maximum atomic E-state index is 12.6. The molecular weight excluding hydrogens is 313 g/mol. The Hall–Kier alpha value is -2.08. The Morgan fingerprint density at radius 1 is 1.24 bits per heavy atom. The number of hydrogen-bond donors (Lipinski definition) is 3. The maximum absolute atomic E-state index is 12.6. The molecule has 3 rings (SSSR count). The van der Waals surface area contributed by atoms with Crippen LogP contribution in [0.1, 0.15) is 31.2 Å². The third kappa shape index (κ3) is 4.13. The van der Waals surface area contributed by atoms with Gasteiger partial charge in [0.05, 0.1) is 11.7 Å². The molecule has 130 valence electrons. The monoisotopic (exact) mass is 337 g/mol. The highest BCUT2D eigenvalue weighted by atomic mass is 16.2. The van der Waals surface area contributed by atoms with E-state index in [4.69, 9.17) is 7.85 Å². The van der Waals surface area contributed by atoms with E-state index in [-0.39, 0.29) is 11.8 Å². The van der Waals surface area contributed by atoms with Gasteiger partial charge in [0.15, 0.2) is 7.85 Å². The molecule has 2 radical (unpaired) electrons. The molecule has 1 aliphatic rings. The smallest absolute Gasteiger partial charge is 0.223 e. The summed E-state index contributed by atoms with van der Waals surface area (Å²) in [5.74, 6) is -0.0902. The van der Waals surface area contributed by atoms with Crippen molar-refractivity contribution in [2.75, 3.05) is 7.05 Å². The van der Waals surface area contributed by atoms with Crippen LogP contribution in [0, 0.1) is 5.92 Å². The largest absolute Gasteiger partial charge is 0.361 e. The number of nitrogens with one attached hydrogen (secondary N) is 3. The van der Waals surface area contributed by atoms with Crippen molar-refractivity contribution < 1.29 is 9.59 Å². The van der Waals surface area contributed by atoms with Crippen LogP contribution in [0.4, 0.5) is 0 Å². The molecule has 1 aromatic carbocycles. The summed E-state index contributed by atoms with van der Waals surface area (Å²) in [5.41, 5.74) is 1.50. The molecule has 1 fully saturated rings. The number of H-pyrrole nitrogens is 1. The first-order chi connectivity index (χ1) is 12.1. The molecule has 0 saturated heterocycles. The Morgan fingerprint density at radius 2 is 1.96 bits per heavy atom. The number of hydrogen-bond acceptors (Lipinski definition) is 3. The number of para-hydroxylation sites is 1. The maximum Gasteiger partial charge on any atom is 0.223 e. The average molecular weight is 337 g/mol. The lowest BCUT2D eigenvalue weighted by Crippen LogP contribution is -2.46. The van der Waals surface area contributed by atoms with Crippen LogP contribution in [0.5, 0.6) is 0 Å². The van der Waals surface area contributed by atoms with E-state index in [0.717, 1.165) is 42.1 Å². The highest BCUT2D eigenvalue weighted by Crippen LogP contribution is 2.25. The van der Waals surface area contributed by atoms with Crippen molar-refractivity contribution >= 4 is 30.3 Å². The van der Waals surface area contributed by atoms with E-state index >= 15 is 0 Å². The molecule has 2 aromatic rings. The van der Waals surface area contributed by atoms with Gasteiger partial charge in [0.2, 0.25) is 5.91 Å². The number of carbonyl (C=O) groups excluding carboxylic acids is 2. The van der Waals surface area contributed by atoms with Crippen LogP contribution in [0.2, 0.25) is 0 Å². The summed E-state index contributed by atoms with van der Waals surface area (Å²) in [6, 6.07) is 7.70. The molecule has 1 saturated carbocycles. The Morgan fingerprint density at radius 3 is 2.64 bits per heavy atom. The standard InChI is InChI=1S/C19H24BN3O2/c1-21-14-8-6-12(7-9-14)19(25)23-17(18(20)24)10-13-11-22-16-5-3-2-4-15(13)16/h2-5,11-12,14,17,21-22H,6-10H2,1H3,(H,23,25)/t12?,14?,17-/m1/s1. The van der Waals surface area contributed by atoms with E-state index < -0.39 is 11.7 Å². The Bertz CT molecular complexity index is 750. The molecule has 1 aromatic heterocycles. The van der Waals surface area contributed by atoms with Crippen molar-refractivity contribution in [1.29, 1.82) is 0 Å². The topological polar surface area (TPSA) is 74.0 Å². The van der Waals surface area contributed by atoms with Gasteiger partial charge in [-0.3, -0.25) is 4.79 Å². The number of amides is 1. The number of fused-ring (bicyclic) bond motifs is 1. The van der Waals surface area contributed by atoms with Crippen LogP contribution >= 0.6 is 0 Å². The second-order valence-corrected chi connectivity index (χ2v) is 6.86. The van der Waals surface area contributed by atoms with Gasteiger partial charge in [0.1, 0.15) is 0 Å². The molecule has 1 atom stereocenters. The molecule has 5 nitrogen and oxygen atoms in total. The fourth-order valence-corrected chi connectivity index (χ4v) is 3.68. The number of rotatable bonds is 6. The zero-order valence-corrected chi connectivity index (χ0v) is 14.5. The number of aromatic amines is 1. The molecule has 0 spiro atoms. The molecule has 1 heterocycles. The quantitative estimate of drug-likeness (QED) is 0.702. The molecule has 0 unspecified atom stereocenters. The minimum atomic E-state index is -0.686. The van der Waals surface area contributed by atoms with Crippen molar-refractivity contribution in [1.82, 2.24) is 15.6 Å². The third-order valence-electron chi connectivity index (χ3n) is 5.27. The predicted octanol–water partition coefficient (Wildman–Crippen LogP) is 1.67. The Balaban J connectivity index is 1.65. The average Bonchev–Trinajstić information content (AvgIpc) is 3.04. The summed E-state index contributed by atoms with van der Waals surface area (Å²) in [6.07, 6.45) is 5.93. The van der Waals surface area contributed by atoms with Crippen LogP contribution < -0.4 is 10.6 Å². The van der Waals surface area contributed by atoms with Crippen molar-refractivity contribution in [3.05, 3.63) is 36.0 Å². The Kier molecular flexibility index (Phi) is 5.58. The summed E-state index contributed by atoms with van der Waals surface area (Å²) >= 11 is 0. The summed E-state index contributed by atoms with van der Waals surface area (Å²) < 4.78 is 0. The minimum Gasteiger partial charge on any atom is -0.361 e. The highest BCUT2D eigenvalue weighted by Gasteiger charge is 2.28. The lowest BCUT2D eigenvalue weighted by atomic mass is 9.84. The van der Waals surface area contributed by atoms with Crippen molar-refractivity contribution in [3.8, 4) is 0 Å². The van der Waals surface area contributed by atoms with E-state index in [2.05, 4.69) is 15.6 Å². The third-order valence-corrected chi connectivity index (χ3v) is 5.27. The van der Waals surface area contributed by atoms with Gasteiger partial charge in [0, 0.05) is 35.5 Å². The molecule has 6 heteroatoms. The van der Waals surface area contributed by atoms with Gasteiger partial charge >= 0.3 is 0 Å². The Labute approximate surface area is 149 Å². The molecule has 1 amide bonds. The van der Waals surface area contributed by atoms with Crippen LogP contribution in [-0.2, 0) is 16.0 Å². The van der Waals surface area contributed by atoms with Crippen molar-refractivity contribution in [2.24, 2.45) is 5.92 Å². The summed E-state index contributed by atoms with van der Waals surface area (Å²) in [7, 11) is 7.50. The fourth-order valence-electron chi connectivity index (χ4n) is 3.68. The first kappa shape index (κ1) is 17.7. The molecule has 0 aliphatic heterocycles. The van der Waals surface area contributed by atoms with Crippen LogP contribution in [0.25, 0.3) is 10.9 Å². The summed E-state index contributed by atoms with van der Waals surface area (Å²) in [6.45, 7) is 0. The molecule has 1 aliphatic carbocycles.